The molecule has 0 spiro atoms. The molecule has 16 heavy (non-hydrogen) atoms. The van der Waals surface area contributed by atoms with Crippen LogP contribution in [-0.4, -0.2) is 18.9 Å². The van der Waals surface area contributed by atoms with Crippen molar-refractivity contribution in [1.29, 1.82) is 0 Å². The molecule has 0 heterocycles. The zero-order chi connectivity index (χ0) is 11.5. The molecule has 0 radical (unpaired) electrons. The summed E-state index contributed by atoms with van der Waals surface area (Å²) in [7, 11) is 0. The quantitative estimate of drug-likeness (QED) is 0.577. The Balaban J connectivity index is 2.39. The first-order valence-electron chi connectivity index (χ1n) is 5.39. The van der Waals surface area contributed by atoms with Crippen LogP contribution < -0.4 is 4.90 Å². The van der Waals surface area contributed by atoms with Crippen LogP contribution in [0.5, 0.6) is 0 Å². The maximum absolute atomic E-state index is 11.1. The minimum Gasteiger partial charge on any atom is -0.364 e. The van der Waals surface area contributed by atoms with E-state index >= 15 is 0 Å². The highest BCUT2D eigenvalue weighted by atomic mass is 35.5. The molecule has 2 nitrogen and oxygen atoms in total. The van der Waals surface area contributed by atoms with E-state index < -0.39 is 0 Å². The van der Waals surface area contributed by atoms with Crippen molar-refractivity contribution in [3.63, 3.8) is 0 Å². The minimum atomic E-state index is 0.516. The van der Waals surface area contributed by atoms with Crippen LogP contribution in [0.3, 0.4) is 0 Å². The van der Waals surface area contributed by atoms with Crippen molar-refractivity contribution in [3.05, 3.63) is 41.4 Å². The molecule has 0 N–H and O–H groups in total. The molecule has 1 saturated carbocycles. The fourth-order valence-electron chi connectivity index (χ4n) is 1.86. The predicted molar refractivity (Wildman–Crippen MR) is 67.4 cm³/mol. The van der Waals surface area contributed by atoms with Crippen LogP contribution in [0.25, 0.3) is 0 Å². The number of aldehydes is 1. The Kier molecular flexibility index (Phi) is 3.30. The van der Waals surface area contributed by atoms with Gasteiger partial charge in [-0.1, -0.05) is 23.7 Å². The third-order valence-corrected chi connectivity index (χ3v) is 3.10. The first kappa shape index (κ1) is 11.2. The van der Waals surface area contributed by atoms with E-state index in [9.17, 15) is 4.79 Å². The number of benzene rings is 1. The number of carbonyl (C=O) groups excluding carboxylic acids is 1. The number of hydrogen-bond donors (Lipinski definition) is 0. The van der Waals surface area contributed by atoms with Gasteiger partial charge in [0, 0.05) is 18.3 Å². The maximum Gasteiger partial charge on any atom is 0.153 e. The smallest absolute Gasteiger partial charge is 0.153 e. The first-order valence-corrected chi connectivity index (χ1v) is 5.77. The molecule has 1 fully saturated rings. The summed E-state index contributed by atoms with van der Waals surface area (Å²) >= 11 is 6.02. The lowest BCUT2D eigenvalue weighted by Crippen LogP contribution is -2.26. The Bertz CT molecular complexity index is 412. The normalized spacial score (nSPS) is 14.6. The third kappa shape index (κ3) is 2.12. The first-order chi connectivity index (χ1) is 7.77. The molecule has 0 aromatic heterocycles. The van der Waals surface area contributed by atoms with E-state index in [2.05, 4.69) is 11.5 Å². The van der Waals surface area contributed by atoms with Gasteiger partial charge in [-0.05, 0) is 25.0 Å². The summed E-state index contributed by atoms with van der Waals surface area (Å²) in [6.45, 7) is 4.51. The molecule has 0 unspecified atom stereocenters. The molecule has 2 rings (SSSR count). The lowest BCUT2D eigenvalue weighted by atomic mass is 10.1. The molecule has 0 saturated heterocycles. The topological polar surface area (TPSA) is 20.3 Å². The Labute approximate surface area is 101 Å². The molecule has 0 bridgehead atoms. The van der Waals surface area contributed by atoms with Gasteiger partial charge in [-0.2, -0.15) is 0 Å². The van der Waals surface area contributed by atoms with E-state index in [4.69, 9.17) is 11.6 Å². The molecule has 1 aromatic carbocycles. The van der Waals surface area contributed by atoms with Crippen LogP contribution in [0, 0.1) is 0 Å². The Morgan fingerprint density at radius 3 is 2.81 bits per heavy atom. The third-order valence-electron chi connectivity index (χ3n) is 2.77. The van der Waals surface area contributed by atoms with Gasteiger partial charge in [-0.3, -0.25) is 4.79 Å². The van der Waals surface area contributed by atoms with Gasteiger partial charge in [-0.25, -0.2) is 0 Å². The fourth-order valence-corrected chi connectivity index (χ4v) is 2.08. The van der Waals surface area contributed by atoms with Crippen LogP contribution in [0.1, 0.15) is 23.2 Å². The van der Waals surface area contributed by atoms with E-state index in [1.54, 1.807) is 6.07 Å². The summed E-state index contributed by atoms with van der Waals surface area (Å²) in [6.07, 6.45) is 5.04. The van der Waals surface area contributed by atoms with Gasteiger partial charge < -0.3 is 4.90 Å². The molecule has 0 amide bonds. The van der Waals surface area contributed by atoms with E-state index in [0.717, 1.165) is 18.5 Å². The molecule has 1 aliphatic carbocycles. The van der Waals surface area contributed by atoms with Crippen molar-refractivity contribution in [2.75, 3.05) is 11.4 Å². The second-order valence-corrected chi connectivity index (χ2v) is 4.37. The van der Waals surface area contributed by atoms with Gasteiger partial charge in [0.25, 0.3) is 0 Å². The summed E-state index contributed by atoms with van der Waals surface area (Å²) in [5, 5.41) is 0.516. The van der Waals surface area contributed by atoms with Crippen molar-refractivity contribution < 1.29 is 4.79 Å². The van der Waals surface area contributed by atoms with E-state index in [-0.39, 0.29) is 0 Å². The largest absolute Gasteiger partial charge is 0.364 e. The van der Waals surface area contributed by atoms with Crippen LogP contribution in [0.2, 0.25) is 5.02 Å². The molecular formula is C13H14ClNO. The number of rotatable bonds is 5. The second-order valence-electron chi connectivity index (χ2n) is 3.96. The molecule has 1 aliphatic rings. The summed E-state index contributed by atoms with van der Waals surface area (Å²) in [6, 6.07) is 6.10. The summed E-state index contributed by atoms with van der Waals surface area (Å²) < 4.78 is 0. The van der Waals surface area contributed by atoms with Crippen molar-refractivity contribution in [3.8, 4) is 0 Å². The standard InChI is InChI=1S/C13H14ClNO/c1-2-8-15(10-6-7-10)13-5-3-4-12(14)11(13)9-16/h2-5,9-10H,1,6-8H2. The van der Waals surface area contributed by atoms with Crippen LogP contribution >= 0.6 is 11.6 Å². The second kappa shape index (κ2) is 4.71. The molecule has 1 aromatic rings. The molecular weight excluding hydrogens is 222 g/mol. The summed E-state index contributed by atoms with van der Waals surface area (Å²) in [5.41, 5.74) is 1.50. The average molecular weight is 236 g/mol. The maximum atomic E-state index is 11.1. The molecule has 0 atom stereocenters. The van der Waals surface area contributed by atoms with Gasteiger partial charge >= 0.3 is 0 Å². The van der Waals surface area contributed by atoms with Crippen molar-refractivity contribution >= 4 is 23.6 Å². The SMILES string of the molecule is C=CCN(c1cccc(Cl)c1C=O)C1CC1. The van der Waals surface area contributed by atoms with Crippen molar-refractivity contribution in [2.24, 2.45) is 0 Å². The highest BCUT2D eigenvalue weighted by Gasteiger charge is 2.29. The number of hydrogen-bond acceptors (Lipinski definition) is 2. The van der Waals surface area contributed by atoms with E-state index in [1.807, 2.05) is 18.2 Å². The number of anilines is 1. The zero-order valence-corrected chi connectivity index (χ0v) is 9.78. The lowest BCUT2D eigenvalue weighted by Gasteiger charge is -2.24. The van der Waals surface area contributed by atoms with E-state index in [0.29, 0.717) is 16.6 Å². The Morgan fingerprint density at radius 1 is 1.50 bits per heavy atom. The van der Waals surface area contributed by atoms with Gasteiger partial charge in [0.1, 0.15) is 0 Å². The Morgan fingerprint density at radius 2 is 2.25 bits per heavy atom. The summed E-state index contributed by atoms with van der Waals surface area (Å²) in [5.74, 6) is 0. The number of halogens is 1. The van der Waals surface area contributed by atoms with Gasteiger partial charge in [0.05, 0.1) is 10.6 Å². The fraction of sp³-hybridized carbons (Fsp3) is 0.308. The van der Waals surface area contributed by atoms with Gasteiger partial charge in [-0.15, -0.1) is 6.58 Å². The monoisotopic (exact) mass is 235 g/mol. The van der Waals surface area contributed by atoms with Gasteiger partial charge in [0.2, 0.25) is 0 Å². The average Bonchev–Trinajstić information content (AvgIpc) is 3.09. The van der Waals surface area contributed by atoms with Gasteiger partial charge in [0.15, 0.2) is 6.29 Å². The minimum absolute atomic E-state index is 0.516. The van der Waals surface area contributed by atoms with Crippen LogP contribution in [-0.2, 0) is 0 Å². The highest BCUT2D eigenvalue weighted by Crippen LogP contribution is 2.35. The lowest BCUT2D eigenvalue weighted by molar-refractivity contribution is 0.112. The van der Waals surface area contributed by atoms with E-state index in [1.165, 1.54) is 12.8 Å². The summed E-state index contributed by atoms with van der Waals surface area (Å²) in [4.78, 5) is 13.3. The predicted octanol–water partition coefficient (Wildman–Crippen LogP) is 3.31. The molecule has 84 valence electrons. The molecule has 3 heteroatoms. The van der Waals surface area contributed by atoms with Crippen LogP contribution in [0.4, 0.5) is 5.69 Å². The van der Waals surface area contributed by atoms with Crippen LogP contribution in [0.15, 0.2) is 30.9 Å². The molecule has 0 aliphatic heterocycles. The zero-order valence-electron chi connectivity index (χ0n) is 9.03. The van der Waals surface area contributed by atoms with Crippen molar-refractivity contribution in [2.45, 2.75) is 18.9 Å². The number of carbonyl (C=O) groups is 1. The van der Waals surface area contributed by atoms with Crippen molar-refractivity contribution in [1.82, 2.24) is 0 Å². The Hall–Kier alpha value is -1.28. The highest BCUT2D eigenvalue weighted by molar-refractivity contribution is 6.33. The number of nitrogens with zero attached hydrogens (tertiary/aromatic N) is 1.